The van der Waals surface area contributed by atoms with E-state index in [1.807, 2.05) is 12.1 Å². The molecule has 1 heterocycles. The fraction of sp³-hybridized carbons (Fsp3) is 0.727. The summed E-state index contributed by atoms with van der Waals surface area (Å²) in [4.78, 5) is 13.8. The Morgan fingerprint density at radius 1 is 1.18 bits per heavy atom. The van der Waals surface area contributed by atoms with Crippen molar-refractivity contribution in [1.29, 1.82) is 0 Å². The molecular formula is C22H38N4O2. The van der Waals surface area contributed by atoms with Crippen LogP contribution in [0.25, 0.3) is 0 Å². The van der Waals surface area contributed by atoms with Gasteiger partial charge in [-0.2, -0.15) is 0 Å². The molecule has 1 aromatic rings. The minimum atomic E-state index is -0.274. The summed E-state index contributed by atoms with van der Waals surface area (Å²) in [6.45, 7) is 18.1. The molecule has 1 aliphatic heterocycles. The molecule has 0 aliphatic carbocycles. The van der Waals surface area contributed by atoms with Crippen LogP contribution in [-0.2, 0) is 6.54 Å². The monoisotopic (exact) mass is 390 g/mol. The van der Waals surface area contributed by atoms with Gasteiger partial charge in [0.05, 0.1) is 4.92 Å². The van der Waals surface area contributed by atoms with Gasteiger partial charge in [0.2, 0.25) is 0 Å². The Hall–Kier alpha value is -1.66. The lowest BCUT2D eigenvalue weighted by atomic mass is 9.88. The van der Waals surface area contributed by atoms with Gasteiger partial charge in [0.15, 0.2) is 0 Å². The Bertz CT molecular complexity index is 668. The van der Waals surface area contributed by atoms with Crippen LogP contribution in [0.5, 0.6) is 0 Å². The van der Waals surface area contributed by atoms with Crippen molar-refractivity contribution in [2.75, 3.05) is 18.4 Å². The van der Waals surface area contributed by atoms with Crippen LogP contribution in [0.3, 0.4) is 0 Å². The van der Waals surface area contributed by atoms with Crippen molar-refractivity contribution in [1.82, 2.24) is 10.2 Å². The summed E-state index contributed by atoms with van der Waals surface area (Å²) >= 11 is 0. The summed E-state index contributed by atoms with van der Waals surface area (Å²) in [5.41, 5.74) is 2.06. The van der Waals surface area contributed by atoms with Gasteiger partial charge in [-0.15, -0.1) is 0 Å². The van der Waals surface area contributed by atoms with Gasteiger partial charge in [0.1, 0.15) is 5.69 Å². The maximum atomic E-state index is 11.6. The number of hydrogen-bond donors (Lipinski definition) is 2. The van der Waals surface area contributed by atoms with E-state index in [1.165, 1.54) is 0 Å². The molecule has 2 rings (SSSR count). The van der Waals surface area contributed by atoms with Crippen LogP contribution in [0.1, 0.15) is 66.9 Å². The van der Waals surface area contributed by atoms with Crippen molar-refractivity contribution in [3.05, 3.63) is 33.9 Å². The largest absolute Gasteiger partial charge is 0.377 e. The first kappa shape index (κ1) is 22.6. The van der Waals surface area contributed by atoms with Crippen LogP contribution in [0, 0.1) is 15.5 Å². The first-order chi connectivity index (χ1) is 12.9. The molecule has 158 valence electrons. The molecule has 6 heteroatoms. The standard InChI is InChI=1S/C22H38N4O2/c1-16(21(2,3)4)23-15-17-8-9-19(20(14-17)26(27)28)24-18-10-12-25(13-11-18)22(5,6)7/h8-9,14,16,18,23-24H,10-13,15H2,1-7H3/t16-/m0/s1. The zero-order valence-corrected chi connectivity index (χ0v) is 18.6. The first-order valence-corrected chi connectivity index (χ1v) is 10.4. The molecule has 0 aromatic heterocycles. The molecule has 0 unspecified atom stereocenters. The number of nitrogens with one attached hydrogen (secondary N) is 2. The van der Waals surface area contributed by atoms with E-state index >= 15 is 0 Å². The summed E-state index contributed by atoms with van der Waals surface area (Å²) < 4.78 is 0. The maximum Gasteiger partial charge on any atom is 0.292 e. The quantitative estimate of drug-likeness (QED) is 0.540. The average Bonchev–Trinajstić information content (AvgIpc) is 2.59. The molecule has 0 saturated carbocycles. The highest BCUT2D eigenvalue weighted by molar-refractivity contribution is 5.63. The summed E-state index contributed by atoms with van der Waals surface area (Å²) in [5.74, 6) is 0. The van der Waals surface area contributed by atoms with E-state index < -0.39 is 0 Å². The third kappa shape index (κ3) is 6.17. The molecule has 0 amide bonds. The molecule has 0 spiro atoms. The Morgan fingerprint density at radius 3 is 2.29 bits per heavy atom. The van der Waals surface area contributed by atoms with Crippen molar-refractivity contribution in [2.45, 2.75) is 85.5 Å². The zero-order valence-electron chi connectivity index (χ0n) is 18.6. The molecule has 6 nitrogen and oxygen atoms in total. The van der Waals surface area contributed by atoms with Crippen LogP contribution < -0.4 is 10.6 Å². The summed E-state index contributed by atoms with van der Waals surface area (Å²) in [6, 6.07) is 6.16. The Labute approximate surface area is 170 Å². The zero-order chi connectivity index (χ0) is 21.1. The second kappa shape index (κ2) is 8.78. The number of nitrogens with zero attached hydrogens (tertiary/aromatic N) is 2. The topological polar surface area (TPSA) is 70.4 Å². The molecule has 28 heavy (non-hydrogen) atoms. The normalized spacial score (nSPS) is 18.1. The van der Waals surface area contributed by atoms with Gasteiger partial charge in [-0.05, 0) is 57.6 Å². The number of piperidine rings is 1. The van der Waals surface area contributed by atoms with Gasteiger partial charge >= 0.3 is 0 Å². The van der Waals surface area contributed by atoms with E-state index in [9.17, 15) is 10.1 Å². The summed E-state index contributed by atoms with van der Waals surface area (Å²) in [6.07, 6.45) is 2.00. The van der Waals surface area contributed by atoms with Crippen LogP contribution in [0.15, 0.2) is 18.2 Å². The third-order valence-corrected chi connectivity index (χ3v) is 5.97. The van der Waals surface area contributed by atoms with Crippen molar-refractivity contribution in [2.24, 2.45) is 5.41 Å². The van der Waals surface area contributed by atoms with Crippen LogP contribution in [0.4, 0.5) is 11.4 Å². The van der Waals surface area contributed by atoms with Gasteiger partial charge < -0.3 is 10.6 Å². The Morgan fingerprint density at radius 2 is 1.79 bits per heavy atom. The highest BCUT2D eigenvalue weighted by atomic mass is 16.6. The van der Waals surface area contributed by atoms with Crippen molar-refractivity contribution in [3.8, 4) is 0 Å². The van der Waals surface area contributed by atoms with Crippen molar-refractivity contribution >= 4 is 11.4 Å². The number of hydrogen-bond acceptors (Lipinski definition) is 5. The van der Waals surface area contributed by atoms with Crippen LogP contribution in [0.2, 0.25) is 0 Å². The minimum Gasteiger partial charge on any atom is -0.377 e. The van der Waals surface area contributed by atoms with Crippen molar-refractivity contribution in [3.63, 3.8) is 0 Å². The number of likely N-dealkylation sites (tertiary alicyclic amines) is 1. The smallest absolute Gasteiger partial charge is 0.292 e. The lowest BCUT2D eigenvalue weighted by Gasteiger charge is -2.41. The van der Waals surface area contributed by atoms with E-state index in [0.29, 0.717) is 18.3 Å². The fourth-order valence-corrected chi connectivity index (χ4v) is 3.45. The second-order valence-electron chi connectivity index (χ2n) is 10.2. The number of nitro benzene ring substituents is 1. The summed E-state index contributed by atoms with van der Waals surface area (Å²) in [7, 11) is 0. The Balaban J connectivity index is 2.02. The van der Waals surface area contributed by atoms with Crippen molar-refractivity contribution < 1.29 is 4.92 Å². The SMILES string of the molecule is C[C@H](NCc1ccc(NC2CCN(C(C)(C)C)CC2)c([N+](=O)[O-])c1)C(C)(C)C. The van der Waals surface area contributed by atoms with E-state index in [1.54, 1.807) is 6.07 Å². The molecule has 0 bridgehead atoms. The average molecular weight is 391 g/mol. The second-order valence-corrected chi connectivity index (χ2v) is 10.2. The van der Waals surface area contributed by atoms with E-state index in [0.717, 1.165) is 31.5 Å². The van der Waals surface area contributed by atoms with E-state index in [2.05, 4.69) is 64.0 Å². The van der Waals surface area contributed by atoms with Gasteiger partial charge in [-0.25, -0.2) is 0 Å². The molecule has 1 atom stereocenters. The molecular weight excluding hydrogens is 352 g/mol. The first-order valence-electron chi connectivity index (χ1n) is 10.4. The number of anilines is 1. The lowest BCUT2D eigenvalue weighted by molar-refractivity contribution is -0.384. The predicted octanol–water partition coefficient (Wildman–Crippen LogP) is 4.79. The number of rotatable bonds is 6. The lowest BCUT2D eigenvalue weighted by Crippen LogP contribution is -2.48. The summed E-state index contributed by atoms with van der Waals surface area (Å²) in [5, 5.41) is 18.5. The number of nitro groups is 1. The van der Waals surface area contributed by atoms with Gasteiger partial charge in [0, 0.05) is 43.3 Å². The molecule has 1 aromatic carbocycles. The molecule has 1 saturated heterocycles. The number of benzene rings is 1. The van der Waals surface area contributed by atoms with Gasteiger partial charge in [0.25, 0.3) is 5.69 Å². The predicted molar refractivity (Wildman–Crippen MR) is 117 cm³/mol. The minimum absolute atomic E-state index is 0.148. The fourth-order valence-electron chi connectivity index (χ4n) is 3.45. The van der Waals surface area contributed by atoms with E-state index in [-0.39, 0.29) is 27.6 Å². The molecule has 1 fully saturated rings. The Kier molecular flexibility index (Phi) is 7.10. The van der Waals surface area contributed by atoms with Gasteiger partial charge in [-0.1, -0.05) is 26.8 Å². The third-order valence-electron chi connectivity index (χ3n) is 5.97. The van der Waals surface area contributed by atoms with Crippen LogP contribution >= 0.6 is 0 Å². The highest BCUT2D eigenvalue weighted by Crippen LogP contribution is 2.29. The highest BCUT2D eigenvalue weighted by Gasteiger charge is 2.28. The van der Waals surface area contributed by atoms with Gasteiger partial charge in [-0.3, -0.25) is 15.0 Å². The van der Waals surface area contributed by atoms with E-state index in [4.69, 9.17) is 0 Å². The van der Waals surface area contributed by atoms with Crippen LogP contribution in [-0.4, -0.2) is 40.5 Å². The molecule has 1 aliphatic rings. The molecule has 2 N–H and O–H groups in total. The maximum absolute atomic E-state index is 11.6. The molecule has 0 radical (unpaired) electrons.